The summed E-state index contributed by atoms with van der Waals surface area (Å²) in [5.74, 6) is 9.46. The Labute approximate surface area is 624 Å². The van der Waals surface area contributed by atoms with Gasteiger partial charge in [0.25, 0.3) is 11.8 Å². The van der Waals surface area contributed by atoms with Gasteiger partial charge in [0.15, 0.2) is 11.6 Å². The number of anilines is 6. The number of pyridine rings is 3. The van der Waals surface area contributed by atoms with Gasteiger partial charge < -0.3 is 49.8 Å². The number of aromatic nitrogens is 9. The average molecular weight is 1430 g/mol. The summed E-state index contributed by atoms with van der Waals surface area (Å²) in [6, 6.07) is 16.6. The molecule has 0 spiro atoms. The van der Waals surface area contributed by atoms with Crippen LogP contribution in [0, 0.1) is 56.8 Å². The first-order valence-corrected chi connectivity index (χ1v) is 41.6. The fourth-order valence-corrected chi connectivity index (χ4v) is 19.5. The van der Waals surface area contributed by atoms with Crippen molar-refractivity contribution in [1.82, 2.24) is 45.2 Å². The monoisotopic (exact) mass is 1430 g/mol. The third-order valence-electron chi connectivity index (χ3n) is 24.7. The molecule has 7 aromatic heterocycles. The quantitative estimate of drug-likeness (QED) is 0.0370. The van der Waals surface area contributed by atoms with Crippen LogP contribution in [0.3, 0.4) is 0 Å². The topological polar surface area (TPSA) is 241 Å². The number of rotatable bonds is 22. The van der Waals surface area contributed by atoms with Crippen molar-refractivity contribution >= 4 is 34.4 Å². The van der Waals surface area contributed by atoms with Gasteiger partial charge in [-0.3, -0.25) is 4.98 Å². The molecule has 6 N–H and O–H groups in total. The fourth-order valence-electron chi connectivity index (χ4n) is 19.5. The second-order valence-corrected chi connectivity index (χ2v) is 33.4. The second-order valence-electron chi connectivity index (χ2n) is 33.4. The molecule has 564 valence electrons. The standard InChI is InChI=1S/C27H36N2O.C22H31N3O.C19H29N5O.C18H25N5O/c1-18-17-30-26(28-18)22-7-8-23(25(12-22)29-24-5-3-2-4-6-24)16-27-13-19-9-20(14-27)11-21(10-19)15-27;1-16-15-26-22(24-16)18-13-21(25-19-10-6-3-7-11-19)20(23-14-18)12-17-8-4-2-5-9-17;1-4-15(5-2)22-17-11-14(19-21-13(3)24-25-19)12-20-18(17)23-16-9-7-6-8-10-16;1-12-20-18(24-23-12)13-10-16(21-14-6-2-3-7-14)17(19-11-13)22-15-8-4-5-9-15/h7-8,12,17,19-21,24,29H,2-6,9-11,13-16H2,1H3;13-15,17,19,25H,2-12H2,1H3;11-12,15-16,22H,4-10H2,1-3H3,(H,20,23);10-11,14-15,21H,2-9H2,1H3,(H,19,22). The van der Waals surface area contributed by atoms with Crippen LogP contribution in [0.4, 0.5) is 34.4 Å². The number of oxazole rings is 2. The highest BCUT2D eigenvalue weighted by molar-refractivity contribution is 5.73. The van der Waals surface area contributed by atoms with Gasteiger partial charge in [0, 0.05) is 66.1 Å². The lowest BCUT2D eigenvalue weighted by Crippen LogP contribution is -2.47. The number of nitrogens with zero attached hydrogens (tertiary/aromatic N) is 9. The summed E-state index contributed by atoms with van der Waals surface area (Å²) in [5.41, 5.74) is 13.6. The van der Waals surface area contributed by atoms with E-state index in [-0.39, 0.29) is 0 Å². The van der Waals surface area contributed by atoms with Gasteiger partial charge in [0.2, 0.25) is 11.8 Å². The molecule has 105 heavy (non-hydrogen) atoms. The van der Waals surface area contributed by atoms with Crippen LogP contribution in [-0.4, -0.2) is 81.5 Å². The van der Waals surface area contributed by atoms with Crippen LogP contribution in [0.25, 0.3) is 45.8 Å². The molecule has 0 radical (unpaired) electrons. The molecule has 0 atom stereocenters. The minimum absolute atomic E-state index is 0.424. The van der Waals surface area contributed by atoms with E-state index < -0.39 is 0 Å². The molecule has 1 aromatic carbocycles. The predicted molar refractivity (Wildman–Crippen MR) is 422 cm³/mol. The Balaban J connectivity index is 0.000000118. The predicted octanol–water partition coefficient (Wildman–Crippen LogP) is 22.0. The smallest absolute Gasteiger partial charge is 0.259 e. The molecule has 8 aromatic rings. The number of benzene rings is 1. The number of hydrogen-bond acceptors (Lipinski definition) is 19. The Morgan fingerprint density at radius 1 is 0.419 bits per heavy atom. The molecule has 19 nitrogen and oxygen atoms in total. The van der Waals surface area contributed by atoms with Gasteiger partial charge in [0.05, 0.1) is 50.8 Å². The molecular weight excluding hydrogens is 1310 g/mol. The van der Waals surface area contributed by atoms with Crippen molar-refractivity contribution < 1.29 is 17.9 Å². The van der Waals surface area contributed by atoms with Crippen molar-refractivity contribution in [1.29, 1.82) is 0 Å². The fraction of sp³-hybridized carbons (Fsp3) is 0.640. The highest BCUT2D eigenvalue weighted by atomic mass is 16.5. The molecule has 10 saturated carbocycles. The molecular formula is C86H121N15O4. The van der Waals surface area contributed by atoms with Crippen molar-refractivity contribution in [2.24, 2.45) is 29.1 Å². The Morgan fingerprint density at radius 2 is 0.819 bits per heavy atom. The normalized spacial score (nSPS) is 22.4. The molecule has 19 heteroatoms. The van der Waals surface area contributed by atoms with Gasteiger partial charge in [-0.1, -0.05) is 146 Å². The molecule has 18 rings (SSSR count). The van der Waals surface area contributed by atoms with E-state index in [0.717, 1.165) is 105 Å². The van der Waals surface area contributed by atoms with E-state index >= 15 is 0 Å². The Morgan fingerprint density at radius 3 is 1.29 bits per heavy atom. The van der Waals surface area contributed by atoms with Crippen molar-refractivity contribution in [2.45, 2.75) is 322 Å². The van der Waals surface area contributed by atoms with Gasteiger partial charge >= 0.3 is 0 Å². The van der Waals surface area contributed by atoms with Crippen LogP contribution in [0.15, 0.2) is 85.4 Å². The van der Waals surface area contributed by atoms with Crippen molar-refractivity contribution in [3.05, 3.63) is 102 Å². The Bertz CT molecular complexity index is 3970. The summed E-state index contributed by atoms with van der Waals surface area (Å²) in [6.07, 6.45) is 59.2. The lowest BCUT2D eigenvalue weighted by atomic mass is 9.48. The molecule has 10 fully saturated rings. The van der Waals surface area contributed by atoms with E-state index in [1.807, 2.05) is 46.3 Å². The number of nitrogens with one attached hydrogen (secondary N) is 6. The Kier molecular flexibility index (Phi) is 25.2. The zero-order chi connectivity index (χ0) is 71.9. The molecule has 7 heterocycles. The van der Waals surface area contributed by atoms with Crippen LogP contribution in [-0.2, 0) is 12.8 Å². The molecule has 10 aliphatic rings. The SMILES string of the molecule is CCC(CC)Nc1cc(-c2nc(C)no2)cnc1NC1CCCCC1.Cc1coc(-c2ccc(CC34CC5CC(CC(C5)C3)C4)c(NC3CCCCC3)c2)n1.Cc1coc(-c2cnc(CC3CCCCC3)c(NC3CCCCC3)c2)n1.Cc1noc(-c2cnc(NC3CCCC3)c(NC3CCCC3)c2)n1. The van der Waals surface area contributed by atoms with Crippen LogP contribution in [0.1, 0.15) is 279 Å². The maximum Gasteiger partial charge on any atom is 0.259 e. The average Bonchev–Trinajstić information content (AvgIpc) is 1.08. The molecule has 0 saturated heterocycles. The van der Waals surface area contributed by atoms with Gasteiger partial charge in [0.1, 0.15) is 24.2 Å². The van der Waals surface area contributed by atoms with Gasteiger partial charge in [-0.25, -0.2) is 19.9 Å². The molecule has 0 unspecified atom stereocenters. The summed E-state index contributed by atoms with van der Waals surface area (Å²) in [5, 5.41) is 30.2. The minimum atomic E-state index is 0.424. The van der Waals surface area contributed by atoms with Crippen molar-refractivity contribution in [2.75, 3.05) is 31.9 Å². The molecule has 0 amide bonds. The number of aryl methyl sites for hydroxylation is 4. The zero-order valence-corrected chi connectivity index (χ0v) is 64.2. The van der Waals surface area contributed by atoms with Gasteiger partial charge in [-0.2, -0.15) is 9.97 Å². The summed E-state index contributed by atoms with van der Waals surface area (Å²) < 4.78 is 21.9. The van der Waals surface area contributed by atoms with Crippen LogP contribution >= 0.6 is 0 Å². The lowest BCUT2D eigenvalue weighted by molar-refractivity contribution is -0.0521. The van der Waals surface area contributed by atoms with Gasteiger partial charge in [-0.05, 0) is 221 Å². The van der Waals surface area contributed by atoms with Crippen molar-refractivity contribution in [3.8, 4) is 45.8 Å². The van der Waals surface area contributed by atoms with E-state index in [1.54, 1.807) is 12.5 Å². The summed E-state index contributed by atoms with van der Waals surface area (Å²) in [6.45, 7) is 12.0. The second kappa shape index (κ2) is 35.7. The first-order chi connectivity index (χ1) is 51.4. The zero-order valence-electron chi connectivity index (χ0n) is 64.2. The first kappa shape index (κ1) is 74.0. The van der Waals surface area contributed by atoms with Crippen LogP contribution in [0.2, 0.25) is 0 Å². The molecule has 0 aliphatic heterocycles. The molecule has 4 bridgehead atoms. The number of hydrogen-bond donors (Lipinski definition) is 6. The maximum absolute atomic E-state index is 5.73. The van der Waals surface area contributed by atoms with Crippen LogP contribution < -0.4 is 31.9 Å². The third kappa shape index (κ3) is 20.1. The largest absolute Gasteiger partial charge is 0.444 e. The summed E-state index contributed by atoms with van der Waals surface area (Å²) in [7, 11) is 0. The van der Waals surface area contributed by atoms with Gasteiger partial charge in [-0.15, -0.1) is 0 Å². The summed E-state index contributed by atoms with van der Waals surface area (Å²) in [4.78, 5) is 31.9. The molecule has 10 aliphatic carbocycles. The maximum atomic E-state index is 5.73. The summed E-state index contributed by atoms with van der Waals surface area (Å²) >= 11 is 0. The first-order valence-electron chi connectivity index (χ1n) is 41.6. The Hall–Kier alpha value is -7.83. The van der Waals surface area contributed by atoms with Crippen LogP contribution in [0.5, 0.6) is 0 Å². The lowest BCUT2D eigenvalue weighted by Gasteiger charge is -2.57. The third-order valence-corrected chi connectivity index (χ3v) is 24.7. The van der Waals surface area contributed by atoms with E-state index in [9.17, 15) is 0 Å². The van der Waals surface area contributed by atoms with E-state index in [1.165, 1.54) is 247 Å². The highest BCUT2D eigenvalue weighted by Crippen LogP contribution is 2.61. The van der Waals surface area contributed by atoms with E-state index in [2.05, 4.69) is 122 Å². The minimum Gasteiger partial charge on any atom is -0.444 e. The van der Waals surface area contributed by atoms with E-state index in [0.29, 0.717) is 71.0 Å². The highest BCUT2D eigenvalue weighted by Gasteiger charge is 2.51. The van der Waals surface area contributed by atoms with E-state index in [4.69, 9.17) is 22.9 Å². The van der Waals surface area contributed by atoms with Crippen molar-refractivity contribution in [3.63, 3.8) is 0 Å².